The summed E-state index contributed by atoms with van der Waals surface area (Å²) in [5.74, 6) is 3.11. The fourth-order valence-electron chi connectivity index (χ4n) is 5.92. The Bertz CT molecular complexity index is 1610. The summed E-state index contributed by atoms with van der Waals surface area (Å²) in [4.78, 5) is 21.2. The van der Waals surface area contributed by atoms with Crippen molar-refractivity contribution in [3.05, 3.63) is 77.5 Å². The van der Waals surface area contributed by atoms with E-state index in [1.54, 1.807) is 46.6 Å². The van der Waals surface area contributed by atoms with E-state index in [2.05, 4.69) is 22.0 Å². The molecule has 1 aromatic heterocycles. The van der Waals surface area contributed by atoms with Gasteiger partial charge in [0, 0.05) is 36.6 Å². The standard InChI is InChI=1S/C33H38N4O6/c1-39-28-11-10-23(31(42-4)32(28)43-5)17-27-25-19-30(41-3)29(40-2)18-21(25)12-13-36(27)14-15-37(33(34)38)24-16-22-8-6-7-9-26(22)35-20-24/h6-11,16,18-20,27H,12-15,17H2,1-5H3,(H2,34,38). The zero-order valence-electron chi connectivity index (χ0n) is 25.3. The van der Waals surface area contributed by atoms with Gasteiger partial charge in [0.05, 0.1) is 52.9 Å². The molecular formula is C33H38N4O6. The van der Waals surface area contributed by atoms with Crippen molar-refractivity contribution in [1.82, 2.24) is 9.88 Å². The lowest BCUT2D eigenvalue weighted by molar-refractivity contribution is 0.185. The molecule has 1 aliphatic heterocycles. The number of rotatable bonds is 11. The van der Waals surface area contributed by atoms with Gasteiger partial charge in [0.25, 0.3) is 0 Å². The highest BCUT2D eigenvalue weighted by Crippen LogP contribution is 2.44. The summed E-state index contributed by atoms with van der Waals surface area (Å²) in [5.41, 5.74) is 10.7. The first-order chi connectivity index (χ1) is 20.9. The van der Waals surface area contributed by atoms with Crippen molar-refractivity contribution in [2.45, 2.75) is 18.9 Å². The van der Waals surface area contributed by atoms with E-state index in [0.29, 0.717) is 53.9 Å². The number of benzene rings is 3. The first-order valence-electron chi connectivity index (χ1n) is 14.1. The third-order valence-corrected chi connectivity index (χ3v) is 8.08. The maximum atomic E-state index is 12.7. The first kappa shape index (κ1) is 29.8. The van der Waals surface area contributed by atoms with Crippen molar-refractivity contribution >= 4 is 22.6 Å². The van der Waals surface area contributed by atoms with Crippen LogP contribution in [0.25, 0.3) is 10.9 Å². The number of pyridine rings is 1. The first-order valence-corrected chi connectivity index (χ1v) is 14.1. The second-order valence-electron chi connectivity index (χ2n) is 10.3. The van der Waals surface area contributed by atoms with E-state index in [-0.39, 0.29) is 6.04 Å². The van der Waals surface area contributed by atoms with Crippen LogP contribution in [0.5, 0.6) is 28.7 Å². The number of aromatic nitrogens is 1. The number of carbonyl (C=O) groups is 1. The Labute approximate surface area is 251 Å². The molecule has 0 aliphatic carbocycles. The van der Waals surface area contributed by atoms with E-state index in [1.807, 2.05) is 42.5 Å². The minimum absolute atomic E-state index is 0.0694. The molecule has 226 valence electrons. The summed E-state index contributed by atoms with van der Waals surface area (Å²) >= 11 is 0. The van der Waals surface area contributed by atoms with Gasteiger partial charge in [0.2, 0.25) is 5.75 Å². The number of carbonyl (C=O) groups excluding carboxylic acids is 1. The van der Waals surface area contributed by atoms with Gasteiger partial charge in [-0.25, -0.2) is 4.79 Å². The summed E-state index contributed by atoms with van der Waals surface area (Å²) in [6.07, 6.45) is 3.12. The van der Waals surface area contributed by atoms with Crippen LogP contribution in [0, 0.1) is 0 Å². The lowest BCUT2D eigenvalue weighted by Crippen LogP contribution is -2.45. The Kier molecular flexibility index (Phi) is 9.06. The van der Waals surface area contributed by atoms with Crippen molar-refractivity contribution in [2.75, 3.05) is 60.1 Å². The molecule has 0 spiro atoms. The number of amides is 2. The average molecular weight is 587 g/mol. The van der Waals surface area contributed by atoms with Crippen molar-refractivity contribution in [3.8, 4) is 28.7 Å². The second kappa shape index (κ2) is 13.1. The minimum atomic E-state index is -0.529. The molecule has 0 radical (unpaired) electrons. The fraction of sp³-hybridized carbons (Fsp3) is 0.333. The van der Waals surface area contributed by atoms with E-state index in [9.17, 15) is 4.79 Å². The number of nitrogens with zero attached hydrogens (tertiary/aromatic N) is 3. The molecule has 10 heteroatoms. The molecule has 5 rings (SSSR count). The number of urea groups is 1. The zero-order valence-corrected chi connectivity index (χ0v) is 25.3. The molecule has 4 aromatic rings. The molecule has 1 unspecified atom stereocenters. The number of para-hydroxylation sites is 1. The van der Waals surface area contributed by atoms with E-state index in [1.165, 1.54) is 5.56 Å². The lowest BCUT2D eigenvalue weighted by Gasteiger charge is -2.39. The van der Waals surface area contributed by atoms with Crippen molar-refractivity contribution < 1.29 is 28.5 Å². The van der Waals surface area contributed by atoms with Gasteiger partial charge in [-0.05, 0) is 54.3 Å². The van der Waals surface area contributed by atoms with Crippen LogP contribution < -0.4 is 34.3 Å². The van der Waals surface area contributed by atoms with Gasteiger partial charge in [0.15, 0.2) is 23.0 Å². The Morgan fingerprint density at radius 2 is 1.63 bits per heavy atom. The van der Waals surface area contributed by atoms with E-state index in [4.69, 9.17) is 29.4 Å². The van der Waals surface area contributed by atoms with Crippen LogP contribution in [0.2, 0.25) is 0 Å². The van der Waals surface area contributed by atoms with Crippen LogP contribution in [0.3, 0.4) is 0 Å². The third-order valence-electron chi connectivity index (χ3n) is 8.08. The predicted octanol–water partition coefficient (Wildman–Crippen LogP) is 5.01. The number of primary amides is 1. The molecule has 10 nitrogen and oxygen atoms in total. The largest absolute Gasteiger partial charge is 0.493 e. The maximum absolute atomic E-state index is 12.7. The SMILES string of the molecule is COc1cc2c(cc1OC)C(Cc1ccc(OC)c(OC)c1OC)N(CCN(C(N)=O)c1cnc3ccccc3c1)CC2. The van der Waals surface area contributed by atoms with Crippen LogP contribution in [0.1, 0.15) is 22.7 Å². The van der Waals surface area contributed by atoms with Gasteiger partial charge in [-0.1, -0.05) is 24.3 Å². The molecule has 0 saturated heterocycles. The predicted molar refractivity (Wildman–Crippen MR) is 166 cm³/mol. The van der Waals surface area contributed by atoms with Crippen molar-refractivity contribution in [3.63, 3.8) is 0 Å². The normalized spacial score (nSPS) is 14.6. The average Bonchev–Trinajstić information content (AvgIpc) is 3.04. The Balaban J connectivity index is 1.51. The van der Waals surface area contributed by atoms with E-state index >= 15 is 0 Å². The van der Waals surface area contributed by atoms with Gasteiger partial charge >= 0.3 is 6.03 Å². The fourth-order valence-corrected chi connectivity index (χ4v) is 5.92. The second-order valence-corrected chi connectivity index (χ2v) is 10.3. The lowest BCUT2D eigenvalue weighted by atomic mass is 9.87. The smallest absolute Gasteiger partial charge is 0.319 e. The number of hydrogen-bond acceptors (Lipinski definition) is 8. The summed E-state index contributed by atoms with van der Waals surface area (Å²) in [6.45, 7) is 1.73. The molecule has 43 heavy (non-hydrogen) atoms. The van der Waals surface area contributed by atoms with Gasteiger partial charge in [-0.3, -0.25) is 14.8 Å². The number of anilines is 1. The molecule has 3 aromatic carbocycles. The van der Waals surface area contributed by atoms with Crippen LogP contribution in [-0.4, -0.2) is 71.1 Å². The zero-order chi connectivity index (χ0) is 30.5. The highest BCUT2D eigenvalue weighted by atomic mass is 16.5. The van der Waals surface area contributed by atoms with Crippen molar-refractivity contribution in [2.24, 2.45) is 5.73 Å². The van der Waals surface area contributed by atoms with Gasteiger partial charge < -0.3 is 29.4 Å². The Morgan fingerprint density at radius 3 is 2.33 bits per heavy atom. The number of fused-ring (bicyclic) bond motifs is 2. The van der Waals surface area contributed by atoms with Gasteiger partial charge in [0.1, 0.15) is 0 Å². The molecular weight excluding hydrogens is 548 g/mol. The van der Waals surface area contributed by atoms with Gasteiger partial charge in [-0.15, -0.1) is 0 Å². The Morgan fingerprint density at radius 1 is 0.907 bits per heavy atom. The minimum Gasteiger partial charge on any atom is -0.493 e. The summed E-state index contributed by atoms with van der Waals surface area (Å²) in [5, 5.41) is 0.942. The summed E-state index contributed by atoms with van der Waals surface area (Å²) < 4.78 is 28.3. The number of nitrogens with two attached hydrogens (primary N) is 1. The van der Waals surface area contributed by atoms with Crippen molar-refractivity contribution in [1.29, 1.82) is 0 Å². The van der Waals surface area contributed by atoms with E-state index in [0.717, 1.165) is 35.0 Å². The molecule has 0 bridgehead atoms. The number of ether oxygens (including phenoxy) is 5. The molecule has 2 heterocycles. The molecule has 0 saturated carbocycles. The Hall–Kier alpha value is -4.70. The molecule has 2 amide bonds. The quantitative estimate of drug-likeness (QED) is 0.262. The molecule has 0 fully saturated rings. The summed E-state index contributed by atoms with van der Waals surface area (Å²) in [6, 6.07) is 17.1. The van der Waals surface area contributed by atoms with Crippen LogP contribution >= 0.6 is 0 Å². The topological polar surface area (TPSA) is 109 Å². The number of hydrogen-bond donors (Lipinski definition) is 1. The van der Waals surface area contributed by atoms with Crippen LogP contribution in [0.15, 0.2) is 60.8 Å². The molecule has 2 N–H and O–H groups in total. The highest BCUT2D eigenvalue weighted by Gasteiger charge is 2.31. The van der Waals surface area contributed by atoms with Gasteiger partial charge in [-0.2, -0.15) is 0 Å². The third kappa shape index (κ3) is 5.96. The summed E-state index contributed by atoms with van der Waals surface area (Å²) in [7, 11) is 8.11. The van der Waals surface area contributed by atoms with E-state index < -0.39 is 6.03 Å². The van der Waals surface area contributed by atoms with Crippen LogP contribution in [-0.2, 0) is 12.8 Å². The number of methoxy groups -OCH3 is 5. The maximum Gasteiger partial charge on any atom is 0.319 e. The molecule has 1 atom stereocenters. The monoisotopic (exact) mass is 586 g/mol. The highest BCUT2D eigenvalue weighted by molar-refractivity contribution is 5.93. The molecule has 1 aliphatic rings. The van der Waals surface area contributed by atoms with Crippen LogP contribution in [0.4, 0.5) is 10.5 Å².